The van der Waals surface area contributed by atoms with Crippen LogP contribution in [0.2, 0.25) is 0 Å². The Kier molecular flexibility index (Phi) is 6.46. The lowest BCUT2D eigenvalue weighted by atomic mass is 10.1. The number of thiophene rings is 1. The van der Waals surface area contributed by atoms with Gasteiger partial charge in [0.05, 0.1) is 10.2 Å². The van der Waals surface area contributed by atoms with Gasteiger partial charge in [0.2, 0.25) is 0 Å². The van der Waals surface area contributed by atoms with Crippen molar-refractivity contribution < 1.29 is 5.11 Å². The van der Waals surface area contributed by atoms with Crippen molar-refractivity contribution in [2.75, 3.05) is 11.9 Å². The molecule has 0 aliphatic rings. The number of rotatable bonds is 6. The lowest BCUT2D eigenvalue weighted by Crippen LogP contribution is -2.11. The Hall–Kier alpha value is -2.67. The number of halogens is 1. The van der Waals surface area contributed by atoms with Crippen LogP contribution in [-0.2, 0) is 6.54 Å². The van der Waals surface area contributed by atoms with E-state index in [9.17, 15) is 5.11 Å². The Morgan fingerprint density at radius 1 is 1.04 bits per heavy atom. The second-order valence-corrected chi connectivity index (χ2v) is 7.26. The van der Waals surface area contributed by atoms with Gasteiger partial charge in [0.15, 0.2) is 5.82 Å². The zero-order valence-electron chi connectivity index (χ0n) is 15.3. The number of nitrogens with zero attached hydrogens (tertiary/aromatic N) is 2. The molecule has 0 saturated heterocycles. The van der Waals surface area contributed by atoms with Crippen LogP contribution in [0.4, 0.5) is 11.5 Å². The average Bonchev–Trinajstić information content (AvgIpc) is 3.12. The summed E-state index contributed by atoms with van der Waals surface area (Å²) in [4.78, 5) is 9.97. The van der Waals surface area contributed by atoms with Gasteiger partial charge in [-0.15, -0.1) is 23.7 Å². The minimum absolute atomic E-state index is 0. The van der Waals surface area contributed by atoms with E-state index < -0.39 is 0 Å². The van der Waals surface area contributed by atoms with E-state index in [0.29, 0.717) is 0 Å². The molecule has 0 atom stereocenters. The van der Waals surface area contributed by atoms with E-state index in [1.807, 2.05) is 6.07 Å². The maximum absolute atomic E-state index is 9.67. The van der Waals surface area contributed by atoms with Crippen molar-refractivity contribution in [2.24, 2.45) is 0 Å². The van der Waals surface area contributed by atoms with Gasteiger partial charge in [-0.3, -0.25) is 0 Å². The second-order valence-electron chi connectivity index (χ2n) is 6.20. The van der Waals surface area contributed by atoms with Gasteiger partial charge >= 0.3 is 0 Å². The molecule has 0 aliphatic heterocycles. The predicted octanol–water partition coefficient (Wildman–Crippen LogP) is 5.34. The fourth-order valence-corrected chi connectivity index (χ4v) is 3.96. The molecule has 5 nitrogen and oxygen atoms in total. The first-order valence-corrected chi connectivity index (χ1v) is 9.65. The highest BCUT2D eigenvalue weighted by Gasteiger charge is 2.11. The fraction of sp³-hybridized carbons (Fsp3) is 0.143. The molecule has 2 aromatic heterocycles. The molecule has 28 heavy (non-hydrogen) atoms. The number of hydrogen-bond donors (Lipinski definition) is 3. The van der Waals surface area contributed by atoms with Gasteiger partial charge < -0.3 is 15.7 Å². The summed E-state index contributed by atoms with van der Waals surface area (Å²) >= 11 is 1.66. The molecule has 0 saturated carbocycles. The first kappa shape index (κ1) is 20.1. The molecule has 0 bridgehead atoms. The summed E-state index contributed by atoms with van der Waals surface area (Å²) < 4.78 is 0.993. The zero-order chi connectivity index (χ0) is 18.6. The molecule has 3 N–H and O–H groups in total. The van der Waals surface area contributed by atoms with Crippen molar-refractivity contribution in [1.82, 2.24) is 15.3 Å². The number of phenols is 1. The summed E-state index contributed by atoms with van der Waals surface area (Å²) in [6, 6.07) is 17.7. The number of aromatic hydroxyl groups is 1. The highest BCUT2D eigenvalue weighted by Crippen LogP contribution is 2.36. The predicted molar refractivity (Wildman–Crippen MR) is 119 cm³/mol. The molecule has 2 heterocycles. The number of phenolic OH excluding ortho intramolecular Hbond substituents is 1. The smallest absolute Gasteiger partial charge is 0.151 e. The van der Waals surface area contributed by atoms with Gasteiger partial charge in [0, 0.05) is 23.2 Å². The largest absolute Gasteiger partial charge is 0.508 e. The van der Waals surface area contributed by atoms with E-state index in [4.69, 9.17) is 0 Å². The molecule has 0 amide bonds. The molecular weight excluding hydrogens is 392 g/mol. The number of anilines is 2. The van der Waals surface area contributed by atoms with Crippen molar-refractivity contribution in [3.63, 3.8) is 0 Å². The summed E-state index contributed by atoms with van der Waals surface area (Å²) in [6.07, 6.45) is 1.56. The van der Waals surface area contributed by atoms with Crippen molar-refractivity contribution >= 4 is 45.5 Å². The summed E-state index contributed by atoms with van der Waals surface area (Å²) in [7, 11) is 0. The van der Waals surface area contributed by atoms with Crippen LogP contribution in [0.5, 0.6) is 5.75 Å². The van der Waals surface area contributed by atoms with E-state index in [0.717, 1.165) is 39.7 Å². The quantitative estimate of drug-likeness (QED) is 0.398. The number of aromatic nitrogens is 2. The van der Waals surface area contributed by atoms with Gasteiger partial charge in [-0.2, -0.15) is 0 Å². The van der Waals surface area contributed by atoms with Gasteiger partial charge in [0.25, 0.3) is 0 Å². The Bertz CT molecular complexity index is 1080. The monoisotopic (exact) mass is 412 g/mol. The Labute approximate surface area is 173 Å². The van der Waals surface area contributed by atoms with E-state index in [-0.39, 0.29) is 18.2 Å². The van der Waals surface area contributed by atoms with Crippen LogP contribution in [-0.4, -0.2) is 21.6 Å². The van der Waals surface area contributed by atoms with Gasteiger partial charge in [-0.1, -0.05) is 31.2 Å². The number of nitrogens with one attached hydrogen (secondary N) is 2. The van der Waals surface area contributed by atoms with E-state index in [2.05, 4.69) is 57.9 Å². The Balaban J connectivity index is 0.00000225. The summed E-state index contributed by atoms with van der Waals surface area (Å²) in [6.45, 7) is 3.92. The Morgan fingerprint density at radius 3 is 2.71 bits per heavy atom. The molecule has 144 valence electrons. The van der Waals surface area contributed by atoms with Crippen LogP contribution < -0.4 is 10.6 Å². The SMILES string of the molecule is CCNCc1cccc(-c2cc3ncnc(Nc4cccc(O)c4)c3s2)c1.Cl. The standard InChI is InChI=1S/C21H20N4OS.ClH/c1-2-22-12-14-5-3-6-15(9-14)19-11-18-20(27-19)21(24-13-23-18)25-16-7-4-8-17(26)10-16;/h3-11,13,22,26H,2,12H2,1H3,(H,23,24,25);1H. The van der Waals surface area contributed by atoms with E-state index in [1.165, 1.54) is 11.1 Å². The molecule has 7 heteroatoms. The highest BCUT2D eigenvalue weighted by molar-refractivity contribution is 7.22. The van der Waals surface area contributed by atoms with Crippen LogP contribution in [0, 0.1) is 0 Å². The van der Waals surface area contributed by atoms with Crippen molar-refractivity contribution in [3.8, 4) is 16.2 Å². The summed E-state index contributed by atoms with van der Waals surface area (Å²) in [5, 5.41) is 16.3. The molecule has 4 rings (SSSR count). The molecule has 0 fully saturated rings. The third-order valence-corrected chi connectivity index (χ3v) is 5.39. The third kappa shape index (κ3) is 4.42. The minimum atomic E-state index is 0. The van der Waals surface area contributed by atoms with Crippen LogP contribution in [0.3, 0.4) is 0 Å². The van der Waals surface area contributed by atoms with E-state index >= 15 is 0 Å². The third-order valence-electron chi connectivity index (χ3n) is 4.21. The topological polar surface area (TPSA) is 70.1 Å². The maximum Gasteiger partial charge on any atom is 0.151 e. The normalized spacial score (nSPS) is 10.6. The molecule has 0 aliphatic carbocycles. The zero-order valence-corrected chi connectivity index (χ0v) is 17.0. The Morgan fingerprint density at radius 2 is 1.89 bits per heavy atom. The first-order valence-electron chi connectivity index (χ1n) is 8.83. The van der Waals surface area contributed by atoms with Crippen LogP contribution in [0.15, 0.2) is 60.9 Å². The highest BCUT2D eigenvalue weighted by atomic mass is 35.5. The molecule has 0 radical (unpaired) electrons. The van der Waals surface area contributed by atoms with Crippen molar-refractivity contribution in [3.05, 3.63) is 66.5 Å². The molecule has 0 spiro atoms. The fourth-order valence-electron chi connectivity index (χ4n) is 2.91. The van der Waals surface area contributed by atoms with Crippen LogP contribution in [0.25, 0.3) is 20.7 Å². The lowest BCUT2D eigenvalue weighted by molar-refractivity contribution is 0.475. The molecule has 0 unspecified atom stereocenters. The van der Waals surface area contributed by atoms with Crippen molar-refractivity contribution in [2.45, 2.75) is 13.5 Å². The number of hydrogen-bond acceptors (Lipinski definition) is 6. The van der Waals surface area contributed by atoms with Gasteiger partial charge in [-0.05, 0) is 41.9 Å². The van der Waals surface area contributed by atoms with Crippen LogP contribution in [0.1, 0.15) is 12.5 Å². The summed E-state index contributed by atoms with van der Waals surface area (Å²) in [5.74, 6) is 0.959. The van der Waals surface area contributed by atoms with Gasteiger partial charge in [-0.25, -0.2) is 9.97 Å². The second kappa shape index (κ2) is 9.01. The minimum Gasteiger partial charge on any atom is -0.508 e. The first-order chi connectivity index (χ1) is 13.2. The maximum atomic E-state index is 9.67. The number of benzene rings is 2. The van der Waals surface area contributed by atoms with Gasteiger partial charge in [0.1, 0.15) is 12.1 Å². The summed E-state index contributed by atoms with van der Waals surface area (Å²) in [5.41, 5.74) is 4.13. The van der Waals surface area contributed by atoms with Crippen molar-refractivity contribution in [1.29, 1.82) is 0 Å². The number of fused-ring (bicyclic) bond motifs is 1. The average molecular weight is 413 g/mol. The van der Waals surface area contributed by atoms with Crippen LogP contribution >= 0.6 is 23.7 Å². The molecule has 4 aromatic rings. The lowest BCUT2D eigenvalue weighted by Gasteiger charge is -2.06. The molecule has 2 aromatic carbocycles. The van der Waals surface area contributed by atoms with E-state index in [1.54, 1.807) is 35.9 Å². The molecular formula is C21H21ClN4OS.